The number of ether oxygens (including phenoxy) is 2. The van der Waals surface area contributed by atoms with Crippen molar-refractivity contribution in [3.63, 3.8) is 0 Å². The molecule has 0 fully saturated rings. The van der Waals surface area contributed by atoms with Crippen molar-refractivity contribution >= 4 is 18.2 Å². The first-order valence-electron chi connectivity index (χ1n) is 6.78. The molecule has 0 aliphatic rings. The zero-order chi connectivity index (χ0) is 16.5. The van der Waals surface area contributed by atoms with Crippen LogP contribution in [0, 0.1) is 0 Å². The molecule has 21 heavy (non-hydrogen) atoms. The number of amides is 2. The predicted molar refractivity (Wildman–Crippen MR) is 75.1 cm³/mol. The lowest BCUT2D eigenvalue weighted by molar-refractivity contribution is -0.139. The molecule has 0 aromatic heterocycles. The van der Waals surface area contributed by atoms with Crippen LogP contribution < -0.4 is 10.6 Å². The third kappa shape index (κ3) is 10.5. The molecule has 0 heterocycles. The quantitative estimate of drug-likeness (QED) is 0.656. The van der Waals surface area contributed by atoms with Crippen molar-refractivity contribution in [3.8, 4) is 0 Å². The van der Waals surface area contributed by atoms with Gasteiger partial charge in [0.15, 0.2) is 0 Å². The first kappa shape index (κ1) is 19.0. The van der Waals surface area contributed by atoms with Crippen LogP contribution in [0.2, 0.25) is 0 Å². The standard InChI is InChI=1S/C13H24N2O6/c1-5-8-20-11(18)14-7-6-9(10(16)17)15-12(19)21-13(2,3)4/h9H,5-8H2,1-4H3,(H,14,18)(H,15,19)(H,16,17). The van der Waals surface area contributed by atoms with E-state index in [-0.39, 0.29) is 13.0 Å². The van der Waals surface area contributed by atoms with Gasteiger partial charge in [-0.05, 0) is 33.6 Å². The summed E-state index contributed by atoms with van der Waals surface area (Å²) in [5, 5.41) is 13.7. The van der Waals surface area contributed by atoms with E-state index in [0.717, 1.165) is 0 Å². The van der Waals surface area contributed by atoms with Gasteiger partial charge in [0.2, 0.25) is 0 Å². The van der Waals surface area contributed by atoms with Crippen LogP contribution in [-0.4, -0.2) is 48.1 Å². The van der Waals surface area contributed by atoms with E-state index >= 15 is 0 Å². The van der Waals surface area contributed by atoms with Crippen LogP contribution in [0.4, 0.5) is 9.59 Å². The molecule has 1 atom stereocenters. The Morgan fingerprint density at radius 1 is 1.19 bits per heavy atom. The average Bonchev–Trinajstić information content (AvgIpc) is 2.32. The van der Waals surface area contributed by atoms with E-state index in [1.54, 1.807) is 20.8 Å². The van der Waals surface area contributed by atoms with Gasteiger partial charge in [0.05, 0.1) is 6.61 Å². The number of hydrogen-bond donors (Lipinski definition) is 3. The number of hydrogen-bond acceptors (Lipinski definition) is 5. The Kier molecular flexibility index (Phi) is 8.18. The Hall–Kier alpha value is -1.99. The van der Waals surface area contributed by atoms with Gasteiger partial charge < -0.3 is 25.2 Å². The van der Waals surface area contributed by atoms with Gasteiger partial charge in [-0.1, -0.05) is 6.92 Å². The van der Waals surface area contributed by atoms with E-state index in [4.69, 9.17) is 14.6 Å². The molecule has 1 unspecified atom stereocenters. The highest BCUT2D eigenvalue weighted by atomic mass is 16.6. The van der Waals surface area contributed by atoms with Crippen molar-refractivity contribution in [1.82, 2.24) is 10.6 Å². The second kappa shape index (κ2) is 9.04. The lowest BCUT2D eigenvalue weighted by Crippen LogP contribution is -2.45. The van der Waals surface area contributed by atoms with Crippen LogP contribution in [0.15, 0.2) is 0 Å². The van der Waals surface area contributed by atoms with Crippen LogP contribution in [0.3, 0.4) is 0 Å². The highest BCUT2D eigenvalue weighted by Gasteiger charge is 2.23. The van der Waals surface area contributed by atoms with Gasteiger partial charge in [-0.25, -0.2) is 14.4 Å². The molecular weight excluding hydrogens is 280 g/mol. The van der Waals surface area contributed by atoms with Crippen molar-refractivity contribution in [3.05, 3.63) is 0 Å². The molecule has 0 saturated heterocycles. The van der Waals surface area contributed by atoms with Gasteiger partial charge in [-0.3, -0.25) is 0 Å². The Labute approximate surface area is 124 Å². The summed E-state index contributed by atoms with van der Waals surface area (Å²) >= 11 is 0. The highest BCUT2D eigenvalue weighted by molar-refractivity contribution is 5.80. The van der Waals surface area contributed by atoms with E-state index in [1.165, 1.54) is 0 Å². The third-order valence-electron chi connectivity index (χ3n) is 2.13. The maximum atomic E-state index is 11.5. The fourth-order valence-electron chi connectivity index (χ4n) is 1.27. The lowest BCUT2D eigenvalue weighted by Gasteiger charge is -2.22. The first-order valence-corrected chi connectivity index (χ1v) is 6.78. The predicted octanol–water partition coefficient (Wildman–Crippen LogP) is 1.49. The molecular formula is C13H24N2O6. The summed E-state index contributed by atoms with van der Waals surface area (Å²) in [5.74, 6) is -1.20. The maximum Gasteiger partial charge on any atom is 0.408 e. The first-order chi connectivity index (χ1) is 9.65. The van der Waals surface area contributed by atoms with Gasteiger partial charge in [-0.2, -0.15) is 0 Å². The summed E-state index contributed by atoms with van der Waals surface area (Å²) in [6, 6.07) is -1.15. The summed E-state index contributed by atoms with van der Waals surface area (Å²) in [6.45, 7) is 7.24. The minimum atomic E-state index is -1.20. The molecule has 0 radical (unpaired) electrons. The van der Waals surface area contributed by atoms with E-state index in [9.17, 15) is 14.4 Å². The summed E-state index contributed by atoms with van der Waals surface area (Å²) < 4.78 is 9.74. The summed E-state index contributed by atoms with van der Waals surface area (Å²) in [6.07, 6.45) is -0.706. The number of carbonyl (C=O) groups excluding carboxylic acids is 2. The maximum absolute atomic E-state index is 11.5. The van der Waals surface area contributed by atoms with Crippen LogP contribution in [0.25, 0.3) is 0 Å². The number of rotatable bonds is 7. The second-order valence-corrected chi connectivity index (χ2v) is 5.39. The van der Waals surface area contributed by atoms with Crippen molar-refractivity contribution in [2.24, 2.45) is 0 Å². The fourth-order valence-corrected chi connectivity index (χ4v) is 1.27. The van der Waals surface area contributed by atoms with Crippen LogP contribution in [0.5, 0.6) is 0 Å². The van der Waals surface area contributed by atoms with Gasteiger partial charge >= 0.3 is 18.2 Å². The Morgan fingerprint density at radius 2 is 1.81 bits per heavy atom. The fraction of sp³-hybridized carbons (Fsp3) is 0.769. The number of alkyl carbamates (subject to hydrolysis) is 2. The van der Waals surface area contributed by atoms with E-state index < -0.39 is 29.8 Å². The number of aliphatic carboxylic acids is 1. The molecule has 0 aromatic carbocycles. The summed E-state index contributed by atoms with van der Waals surface area (Å²) in [7, 11) is 0. The summed E-state index contributed by atoms with van der Waals surface area (Å²) in [5.41, 5.74) is -0.713. The van der Waals surface area contributed by atoms with Crippen LogP contribution in [0.1, 0.15) is 40.5 Å². The average molecular weight is 304 g/mol. The van der Waals surface area contributed by atoms with Crippen LogP contribution in [-0.2, 0) is 14.3 Å². The highest BCUT2D eigenvalue weighted by Crippen LogP contribution is 2.07. The zero-order valence-electron chi connectivity index (χ0n) is 12.9. The van der Waals surface area contributed by atoms with Crippen LogP contribution >= 0.6 is 0 Å². The van der Waals surface area contributed by atoms with Crippen molar-refractivity contribution in [1.29, 1.82) is 0 Å². The number of carbonyl (C=O) groups is 3. The number of carboxylic acid groups (broad SMARTS) is 1. The number of carboxylic acids is 1. The molecule has 8 nitrogen and oxygen atoms in total. The summed E-state index contributed by atoms with van der Waals surface area (Å²) in [4.78, 5) is 33.7. The topological polar surface area (TPSA) is 114 Å². The molecule has 0 spiro atoms. The van der Waals surface area contributed by atoms with Gasteiger partial charge in [-0.15, -0.1) is 0 Å². The van der Waals surface area contributed by atoms with Gasteiger partial charge in [0.25, 0.3) is 0 Å². The molecule has 0 aliphatic heterocycles. The SMILES string of the molecule is CCCOC(=O)NCCC(NC(=O)OC(C)(C)C)C(=O)O. The second-order valence-electron chi connectivity index (χ2n) is 5.39. The minimum absolute atomic E-state index is 0.0236. The molecule has 0 rings (SSSR count). The van der Waals surface area contributed by atoms with E-state index in [1.807, 2.05) is 6.92 Å². The molecule has 0 aromatic rings. The minimum Gasteiger partial charge on any atom is -0.480 e. The Balaban J connectivity index is 4.17. The third-order valence-corrected chi connectivity index (χ3v) is 2.13. The van der Waals surface area contributed by atoms with Gasteiger partial charge in [0.1, 0.15) is 11.6 Å². The normalized spacial score (nSPS) is 12.2. The molecule has 0 bridgehead atoms. The van der Waals surface area contributed by atoms with Crippen molar-refractivity contribution in [2.75, 3.05) is 13.2 Å². The van der Waals surface area contributed by atoms with E-state index in [2.05, 4.69) is 10.6 Å². The number of nitrogens with one attached hydrogen (secondary N) is 2. The lowest BCUT2D eigenvalue weighted by atomic mass is 10.2. The molecule has 0 saturated carbocycles. The molecule has 8 heteroatoms. The smallest absolute Gasteiger partial charge is 0.408 e. The molecule has 3 N–H and O–H groups in total. The molecule has 122 valence electrons. The largest absolute Gasteiger partial charge is 0.480 e. The molecule has 2 amide bonds. The van der Waals surface area contributed by atoms with Gasteiger partial charge in [0, 0.05) is 6.54 Å². The Bertz CT molecular complexity index is 364. The monoisotopic (exact) mass is 304 g/mol. The Morgan fingerprint density at radius 3 is 2.29 bits per heavy atom. The molecule has 0 aliphatic carbocycles. The zero-order valence-corrected chi connectivity index (χ0v) is 12.9. The van der Waals surface area contributed by atoms with Crippen molar-refractivity contribution < 1.29 is 29.0 Å². The van der Waals surface area contributed by atoms with Crippen molar-refractivity contribution in [2.45, 2.75) is 52.2 Å². The van der Waals surface area contributed by atoms with E-state index in [0.29, 0.717) is 13.0 Å².